The first-order valence-corrected chi connectivity index (χ1v) is 6.77. The van der Waals surface area contributed by atoms with Crippen LogP contribution in [-0.2, 0) is 0 Å². The Morgan fingerprint density at radius 2 is 2.41 bits per heavy atom. The molecule has 2 aromatic rings. The van der Waals surface area contributed by atoms with Crippen molar-refractivity contribution in [3.8, 4) is 0 Å². The fourth-order valence-electron chi connectivity index (χ4n) is 2.14. The highest BCUT2D eigenvalue weighted by Gasteiger charge is 2.24. The van der Waals surface area contributed by atoms with Crippen LogP contribution in [0.15, 0.2) is 23.2 Å². The molecule has 0 radical (unpaired) electrons. The number of imidazole rings is 1. The molecule has 1 aliphatic rings. The molecule has 90 valence electrons. The summed E-state index contributed by atoms with van der Waals surface area (Å²) in [7, 11) is 0. The monoisotopic (exact) mass is 294 g/mol. The van der Waals surface area contributed by atoms with Gasteiger partial charge in [0.15, 0.2) is 11.5 Å². The number of aromatic nitrogens is 3. The van der Waals surface area contributed by atoms with E-state index in [4.69, 9.17) is 0 Å². The molecule has 5 heteroatoms. The van der Waals surface area contributed by atoms with Gasteiger partial charge >= 0.3 is 0 Å². The minimum absolute atomic E-state index is 0.449. The molecule has 3 rings (SSSR count). The molecule has 1 aliphatic carbocycles. The largest absolute Gasteiger partial charge is 0.364 e. The average Bonchev–Trinajstić information content (AvgIpc) is 2.94. The van der Waals surface area contributed by atoms with Crippen molar-refractivity contribution in [1.29, 1.82) is 0 Å². The molecular weight excluding hydrogens is 280 g/mol. The molecular formula is C12H15BrN4. The molecule has 2 aromatic heterocycles. The van der Waals surface area contributed by atoms with E-state index >= 15 is 0 Å². The summed E-state index contributed by atoms with van der Waals surface area (Å²) < 4.78 is 2.80. The van der Waals surface area contributed by atoms with Gasteiger partial charge in [0.05, 0.1) is 0 Å². The van der Waals surface area contributed by atoms with Crippen LogP contribution in [0, 0.1) is 5.92 Å². The minimum Gasteiger partial charge on any atom is -0.364 e. The van der Waals surface area contributed by atoms with E-state index in [1.165, 1.54) is 19.3 Å². The van der Waals surface area contributed by atoms with Gasteiger partial charge in [-0.15, -0.1) is 0 Å². The molecule has 1 saturated carbocycles. The van der Waals surface area contributed by atoms with Crippen molar-refractivity contribution >= 4 is 27.4 Å². The van der Waals surface area contributed by atoms with E-state index in [2.05, 4.69) is 38.1 Å². The summed E-state index contributed by atoms with van der Waals surface area (Å²) in [6.45, 7) is 2.21. The van der Waals surface area contributed by atoms with Gasteiger partial charge in [-0.1, -0.05) is 12.8 Å². The summed E-state index contributed by atoms with van der Waals surface area (Å²) in [5, 5.41) is 3.46. The molecule has 0 aromatic carbocycles. The van der Waals surface area contributed by atoms with Crippen LogP contribution in [0.2, 0.25) is 0 Å². The second-order valence-corrected chi connectivity index (χ2v) is 5.61. The van der Waals surface area contributed by atoms with Crippen LogP contribution in [0.3, 0.4) is 0 Å². The van der Waals surface area contributed by atoms with Gasteiger partial charge in [-0.2, -0.15) is 0 Å². The summed E-state index contributed by atoms with van der Waals surface area (Å²) in [4.78, 5) is 8.79. The van der Waals surface area contributed by atoms with Crippen LogP contribution in [0.4, 0.5) is 5.82 Å². The van der Waals surface area contributed by atoms with E-state index in [1.807, 2.05) is 16.8 Å². The Morgan fingerprint density at radius 1 is 1.59 bits per heavy atom. The van der Waals surface area contributed by atoms with E-state index in [1.54, 1.807) is 6.20 Å². The third kappa shape index (κ3) is 2.44. The van der Waals surface area contributed by atoms with E-state index < -0.39 is 0 Å². The Labute approximate surface area is 109 Å². The van der Waals surface area contributed by atoms with Gasteiger partial charge in [0.1, 0.15) is 4.60 Å². The molecule has 4 nitrogen and oxygen atoms in total. The average molecular weight is 295 g/mol. The maximum atomic E-state index is 4.46. The third-order valence-electron chi connectivity index (χ3n) is 3.11. The second kappa shape index (κ2) is 4.29. The Balaban J connectivity index is 1.84. The number of halogens is 1. The van der Waals surface area contributed by atoms with Crippen molar-refractivity contribution in [3.05, 3.63) is 23.2 Å². The zero-order valence-electron chi connectivity index (χ0n) is 9.73. The van der Waals surface area contributed by atoms with Gasteiger partial charge in [-0.25, -0.2) is 9.97 Å². The first-order chi connectivity index (χ1) is 8.22. The first kappa shape index (κ1) is 11.0. The maximum Gasteiger partial charge on any atom is 0.180 e. The molecule has 0 aliphatic heterocycles. The maximum absolute atomic E-state index is 4.46. The van der Waals surface area contributed by atoms with E-state index in [9.17, 15) is 0 Å². The third-order valence-corrected chi connectivity index (χ3v) is 3.49. The molecule has 0 amide bonds. The molecule has 0 spiro atoms. The van der Waals surface area contributed by atoms with Crippen molar-refractivity contribution in [1.82, 2.24) is 14.4 Å². The standard InChI is InChI=1S/C12H15BrN4/c1-8(6-9-2-3-9)15-11-12-14-4-5-17(12)7-10(13)16-11/h4-5,7-9H,2-3,6H2,1H3,(H,15,16). The fraction of sp³-hybridized carbons (Fsp3) is 0.500. The summed E-state index contributed by atoms with van der Waals surface area (Å²) in [6.07, 6.45) is 9.63. The van der Waals surface area contributed by atoms with Crippen LogP contribution < -0.4 is 5.32 Å². The lowest BCUT2D eigenvalue weighted by atomic mass is 10.1. The predicted octanol–water partition coefficient (Wildman–Crippen LogP) is 3.09. The summed E-state index contributed by atoms with van der Waals surface area (Å²) in [6, 6.07) is 0.449. The molecule has 17 heavy (non-hydrogen) atoms. The number of rotatable bonds is 4. The highest BCUT2D eigenvalue weighted by Crippen LogP contribution is 2.34. The fourth-order valence-corrected chi connectivity index (χ4v) is 2.54. The van der Waals surface area contributed by atoms with E-state index in [0.717, 1.165) is 22.0 Å². The lowest BCUT2D eigenvalue weighted by molar-refractivity contribution is 0.640. The van der Waals surface area contributed by atoms with Crippen molar-refractivity contribution in [2.45, 2.75) is 32.2 Å². The van der Waals surface area contributed by atoms with Crippen LogP contribution >= 0.6 is 15.9 Å². The van der Waals surface area contributed by atoms with Crippen molar-refractivity contribution in [2.75, 3.05) is 5.32 Å². The molecule has 1 fully saturated rings. The summed E-state index contributed by atoms with van der Waals surface area (Å²) in [5.41, 5.74) is 0.885. The van der Waals surface area contributed by atoms with Gasteiger partial charge in [-0.05, 0) is 35.2 Å². The molecule has 0 saturated heterocycles. The highest BCUT2D eigenvalue weighted by atomic mass is 79.9. The summed E-state index contributed by atoms with van der Waals surface area (Å²) in [5.74, 6) is 1.78. The van der Waals surface area contributed by atoms with Gasteiger partial charge < -0.3 is 9.72 Å². The minimum atomic E-state index is 0.449. The highest BCUT2D eigenvalue weighted by molar-refractivity contribution is 9.10. The molecule has 0 bridgehead atoms. The van der Waals surface area contributed by atoms with Gasteiger partial charge in [-0.3, -0.25) is 0 Å². The number of hydrogen-bond donors (Lipinski definition) is 1. The topological polar surface area (TPSA) is 42.2 Å². The first-order valence-electron chi connectivity index (χ1n) is 5.98. The lowest BCUT2D eigenvalue weighted by Crippen LogP contribution is -2.17. The molecule has 1 N–H and O–H groups in total. The number of nitrogens with zero attached hydrogens (tertiary/aromatic N) is 3. The zero-order valence-corrected chi connectivity index (χ0v) is 11.3. The summed E-state index contributed by atoms with van der Waals surface area (Å²) >= 11 is 3.42. The van der Waals surface area contributed by atoms with Crippen molar-refractivity contribution < 1.29 is 0 Å². The van der Waals surface area contributed by atoms with Crippen LogP contribution in [0.25, 0.3) is 5.65 Å². The van der Waals surface area contributed by atoms with Crippen LogP contribution in [0.5, 0.6) is 0 Å². The van der Waals surface area contributed by atoms with E-state index in [-0.39, 0.29) is 0 Å². The van der Waals surface area contributed by atoms with Crippen molar-refractivity contribution in [2.24, 2.45) is 5.92 Å². The predicted molar refractivity (Wildman–Crippen MR) is 71.1 cm³/mol. The Kier molecular flexibility index (Phi) is 2.78. The van der Waals surface area contributed by atoms with Crippen LogP contribution in [0.1, 0.15) is 26.2 Å². The molecule has 1 unspecified atom stereocenters. The number of fused-ring (bicyclic) bond motifs is 1. The molecule has 2 heterocycles. The lowest BCUT2D eigenvalue weighted by Gasteiger charge is -2.14. The Hall–Kier alpha value is -1.10. The van der Waals surface area contributed by atoms with Crippen LogP contribution in [-0.4, -0.2) is 20.4 Å². The second-order valence-electron chi connectivity index (χ2n) is 4.79. The smallest absolute Gasteiger partial charge is 0.180 e. The van der Waals surface area contributed by atoms with Gasteiger partial charge in [0.2, 0.25) is 0 Å². The quantitative estimate of drug-likeness (QED) is 0.942. The normalized spacial score (nSPS) is 17.3. The van der Waals surface area contributed by atoms with Crippen molar-refractivity contribution in [3.63, 3.8) is 0 Å². The zero-order chi connectivity index (χ0) is 11.8. The number of anilines is 1. The Bertz CT molecular complexity index is 532. The van der Waals surface area contributed by atoms with E-state index in [0.29, 0.717) is 6.04 Å². The Morgan fingerprint density at radius 3 is 3.18 bits per heavy atom. The van der Waals surface area contributed by atoms with Gasteiger partial charge in [0, 0.05) is 24.6 Å². The van der Waals surface area contributed by atoms with Gasteiger partial charge in [0.25, 0.3) is 0 Å². The number of nitrogens with one attached hydrogen (secondary N) is 1. The SMILES string of the molecule is CC(CC1CC1)Nc1nc(Br)cn2ccnc12. The number of hydrogen-bond acceptors (Lipinski definition) is 3. The molecule has 1 atom stereocenters.